The minimum atomic E-state index is -0.935. The van der Waals surface area contributed by atoms with Crippen LogP contribution < -0.4 is 5.32 Å². The van der Waals surface area contributed by atoms with E-state index in [0.29, 0.717) is 15.7 Å². The minimum absolute atomic E-state index is 0.0803. The summed E-state index contributed by atoms with van der Waals surface area (Å²) in [6.07, 6.45) is 0. The number of carboxylic acids is 1. The Balaban J connectivity index is 3.05. The second-order valence-corrected chi connectivity index (χ2v) is 5.68. The van der Waals surface area contributed by atoms with Crippen molar-refractivity contribution in [2.45, 2.75) is 19.9 Å². The van der Waals surface area contributed by atoms with E-state index in [0.717, 1.165) is 4.47 Å². The van der Waals surface area contributed by atoms with Crippen molar-refractivity contribution in [2.24, 2.45) is 5.92 Å². The van der Waals surface area contributed by atoms with Gasteiger partial charge in [0.1, 0.15) is 6.04 Å². The van der Waals surface area contributed by atoms with Crippen LogP contribution in [0.15, 0.2) is 16.6 Å². The van der Waals surface area contributed by atoms with Crippen molar-refractivity contribution in [3.05, 3.63) is 26.7 Å². The molecule has 17 heavy (non-hydrogen) atoms. The molecule has 0 saturated carbocycles. The summed E-state index contributed by atoms with van der Waals surface area (Å²) in [6, 6.07) is 2.59. The molecule has 3 nitrogen and oxygen atoms in total. The van der Waals surface area contributed by atoms with Gasteiger partial charge in [-0.1, -0.05) is 53.0 Å². The van der Waals surface area contributed by atoms with Crippen molar-refractivity contribution >= 4 is 50.8 Å². The predicted octanol–water partition coefficient (Wildman–Crippen LogP) is 4.28. The van der Waals surface area contributed by atoms with Crippen LogP contribution >= 0.6 is 39.1 Å². The van der Waals surface area contributed by atoms with E-state index in [1.807, 2.05) is 13.8 Å². The number of rotatable bonds is 4. The molecule has 0 aliphatic carbocycles. The lowest BCUT2D eigenvalue weighted by Crippen LogP contribution is -2.34. The number of nitrogens with one attached hydrogen (secondary N) is 1. The monoisotopic (exact) mass is 339 g/mol. The van der Waals surface area contributed by atoms with Gasteiger partial charge in [-0.3, -0.25) is 0 Å². The zero-order valence-electron chi connectivity index (χ0n) is 9.30. The first-order valence-electron chi connectivity index (χ1n) is 4.96. The molecule has 0 heterocycles. The van der Waals surface area contributed by atoms with E-state index >= 15 is 0 Å². The Kier molecular flexibility index (Phi) is 5.10. The summed E-state index contributed by atoms with van der Waals surface area (Å²) in [6.45, 7) is 3.62. The van der Waals surface area contributed by atoms with Gasteiger partial charge in [-0.15, -0.1) is 0 Å². The quantitative estimate of drug-likeness (QED) is 0.860. The average molecular weight is 341 g/mol. The topological polar surface area (TPSA) is 49.3 Å². The third kappa shape index (κ3) is 3.76. The van der Waals surface area contributed by atoms with Gasteiger partial charge in [0.25, 0.3) is 0 Å². The van der Waals surface area contributed by atoms with Gasteiger partial charge in [0.15, 0.2) is 0 Å². The summed E-state index contributed by atoms with van der Waals surface area (Å²) >= 11 is 15.3. The lowest BCUT2D eigenvalue weighted by Gasteiger charge is -2.20. The predicted molar refractivity (Wildman–Crippen MR) is 74.0 cm³/mol. The summed E-state index contributed by atoms with van der Waals surface area (Å²) in [5.41, 5.74) is 0.442. The van der Waals surface area contributed by atoms with Crippen molar-refractivity contribution in [3.8, 4) is 0 Å². The van der Waals surface area contributed by atoms with Gasteiger partial charge in [0.05, 0.1) is 15.7 Å². The van der Waals surface area contributed by atoms with E-state index in [4.69, 9.17) is 28.3 Å². The molecule has 1 atom stereocenters. The van der Waals surface area contributed by atoms with Gasteiger partial charge in [-0.25, -0.2) is 4.79 Å². The van der Waals surface area contributed by atoms with Gasteiger partial charge < -0.3 is 10.4 Å². The molecule has 0 aliphatic heterocycles. The summed E-state index contributed by atoms with van der Waals surface area (Å²) < 4.78 is 0.745. The minimum Gasteiger partial charge on any atom is -0.480 e. The molecule has 0 amide bonds. The zero-order valence-corrected chi connectivity index (χ0v) is 12.4. The van der Waals surface area contributed by atoms with Crippen LogP contribution in [0.3, 0.4) is 0 Å². The van der Waals surface area contributed by atoms with Crippen molar-refractivity contribution in [2.75, 3.05) is 5.32 Å². The number of halogens is 3. The highest BCUT2D eigenvalue weighted by Gasteiger charge is 2.23. The molecule has 1 rings (SSSR count). The Hall–Kier alpha value is -0.450. The molecule has 1 unspecified atom stereocenters. The molecule has 1 aromatic rings. The van der Waals surface area contributed by atoms with Gasteiger partial charge in [-0.2, -0.15) is 0 Å². The van der Waals surface area contributed by atoms with Crippen LogP contribution in [0.25, 0.3) is 0 Å². The standard InChI is InChI=1S/C11H12BrCl2NO2/c1-5(2)9(11(16)17)15-10-7(13)3-6(12)4-8(10)14/h3-5,9,15H,1-2H3,(H,16,17). The van der Waals surface area contributed by atoms with E-state index < -0.39 is 12.0 Å². The van der Waals surface area contributed by atoms with Crippen LogP contribution in [0.2, 0.25) is 10.0 Å². The van der Waals surface area contributed by atoms with Crippen LogP contribution in [0.1, 0.15) is 13.8 Å². The molecule has 0 saturated heterocycles. The molecule has 94 valence electrons. The summed E-state index contributed by atoms with van der Waals surface area (Å²) in [5, 5.41) is 12.7. The van der Waals surface area contributed by atoms with Crippen molar-refractivity contribution < 1.29 is 9.90 Å². The highest BCUT2D eigenvalue weighted by atomic mass is 79.9. The number of carbonyl (C=O) groups is 1. The lowest BCUT2D eigenvalue weighted by atomic mass is 10.0. The SMILES string of the molecule is CC(C)C(Nc1c(Cl)cc(Br)cc1Cl)C(=O)O. The largest absolute Gasteiger partial charge is 0.480 e. The van der Waals surface area contributed by atoms with E-state index in [-0.39, 0.29) is 5.92 Å². The molecule has 0 radical (unpaired) electrons. The fourth-order valence-electron chi connectivity index (χ4n) is 1.35. The smallest absolute Gasteiger partial charge is 0.326 e. The highest BCUT2D eigenvalue weighted by Crippen LogP contribution is 2.34. The van der Waals surface area contributed by atoms with Crippen molar-refractivity contribution in [1.82, 2.24) is 0 Å². The maximum absolute atomic E-state index is 11.1. The lowest BCUT2D eigenvalue weighted by molar-refractivity contribution is -0.138. The first-order valence-corrected chi connectivity index (χ1v) is 6.51. The molecule has 0 bridgehead atoms. The maximum Gasteiger partial charge on any atom is 0.326 e. The first kappa shape index (κ1) is 14.6. The number of hydrogen-bond acceptors (Lipinski definition) is 2. The zero-order chi connectivity index (χ0) is 13.2. The number of benzene rings is 1. The molecule has 6 heteroatoms. The van der Waals surface area contributed by atoms with Crippen LogP contribution in [0.4, 0.5) is 5.69 Å². The van der Waals surface area contributed by atoms with Gasteiger partial charge in [0, 0.05) is 4.47 Å². The highest BCUT2D eigenvalue weighted by molar-refractivity contribution is 9.10. The number of hydrogen-bond donors (Lipinski definition) is 2. The molecule has 0 spiro atoms. The first-order chi connectivity index (χ1) is 7.82. The van der Waals surface area contributed by atoms with Crippen LogP contribution in [0.5, 0.6) is 0 Å². The second kappa shape index (κ2) is 5.94. The molecule has 2 N–H and O–H groups in total. The normalized spacial score (nSPS) is 12.6. The molecule has 0 fully saturated rings. The fraction of sp³-hybridized carbons (Fsp3) is 0.364. The molecule has 0 aromatic heterocycles. The van der Waals surface area contributed by atoms with Gasteiger partial charge in [-0.05, 0) is 18.1 Å². The van der Waals surface area contributed by atoms with Gasteiger partial charge in [0.2, 0.25) is 0 Å². The average Bonchev–Trinajstić information content (AvgIpc) is 2.14. The maximum atomic E-state index is 11.1. The third-order valence-corrected chi connectivity index (χ3v) is 3.29. The van der Waals surface area contributed by atoms with Crippen LogP contribution in [0, 0.1) is 5.92 Å². The van der Waals surface area contributed by atoms with Crippen LogP contribution in [-0.4, -0.2) is 17.1 Å². The van der Waals surface area contributed by atoms with Gasteiger partial charge >= 0.3 is 5.97 Å². The Labute approximate surface area is 118 Å². The number of aliphatic carboxylic acids is 1. The third-order valence-electron chi connectivity index (χ3n) is 2.24. The number of anilines is 1. The van der Waals surface area contributed by atoms with Crippen molar-refractivity contribution in [3.63, 3.8) is 0 Å². The van der Waals surface area contributed by atoms with Crippen molar-refractivity contribution in [1.29, 1.82) is 0 Å². The van der Waals surface area contributed by atoms with E-state index in [1.165, 1.54) is 0 Å². The summed E-state index contributed by atoms with van der Waals surface area (Å²) in [5.74, 6) is -1.02. The Bertz CT molecular complexity index is 414. The Morgan fingerprint density at radius 3 is 2.18 bits per heavy atom. The summed E-state index contributed by atoms with van der Waals surface area (Å²) in [7, 11) is 0. The van der Waals surface area contributed by atoms with Crippen LogP contribution in [-0.2, 0) is 4.79 Å². The second-order valence-electron chi connectivity index (χ2n) is 3.95. The van der Waals surface area contributed by atoms with E-state index in [1.54, 1.807) is 12.1 Å². The Morgan fingerprint density at radius 2 is 1.82 bits per heavy atom. The summed E-state index contributed by atoms with van der Waals surface area (Å²) in [4.78, 5) is 11.1. The molecular formula is C11H12BrCl2NO2. The molecular weight excluding hydrogens is 329 g/mol. The molecule has 0 aliphatic rings. The Morgan fingerprint density at radius 1 is 1.35 bits per heavy atom. The number of carboxylic acid groups (broad SMARTS) is 1. The fourth-order valence-corrected chi connectivity index (χ4v) is 2.67. The molecule has 1 aromatic carbocycles. The van der Waals surface area contributed by atoms with E-state index in [2.05, 4.69) is 21.2 Å². The van der Waals surface area contributed by atoms with E-state index in [9.17, 15) is 4.79 Å².